The van der Waals surface area contributed by atoms with Crippen LogP contribution in [0.3, 0.4) is 0 Å². The van der Waals surface area contributed by atoms with Crippen LogP contribution in [-0.2, 0) is 0 Å². The minimum atomic E-state index is 1.11. The molecule has 0 heterocycles. The quantitative estimate of drug-likeness (QED) is 0.366. The minimum absolute atomic E-state index is 1.11. The van der Waals surface area contributed by atoms with E-state index < -0.39 is 0 Å². The fraction of sp³-hybridized carbons (Fsp3) is 0.889. The van der Waals surface area contributed by atoms with E-state index in [9.17, 15) is 0 Å². The SMILES string of the molecule is CCCCCCCC/C=C(/N)CCCCCCCC. The maximum absolute atomic E-state index is 6.04. The van der Waals surface area contributed by atoms with E-state index in [2.05, 4.69) is 19.9 Å². The molecule has 0 spiro atoms. The average Bonchev–Trinajstić information content (AvgIpc) is 2.41. The van der Waals surface area contributed by atoms with Gasteiger partial charge in [-0.2, -0.15) is 0 Å². The zero-order valence-corrected chi connectivity index (χ0v) is 13.6. The van der Waals surface area contributed by atoms with Gasteiger partial charge >= 0.3 is 0 Å². The lowest BCUT2D eigenvalue weighted by Gasteiger charge is -2.03. The summed E-state index contributed by atoms with van der Waals surface area (Å²) in [5, 5.41) is 0. The smallest absolute Gasteiger partial charge is 0.00399 e. The van der Waals surface area contributed by atoms with Crippen molar-refractivity contribution in [3.8, 4) is 0 Å². The Balaban J connectivity index is 3.25. The van der Waals surface area contributed by atoms with Gasteiger partial charge in [0.15, 0.2) is 0 Å². The van der Waals surface area contributed by atoms with Crippen LogP contribution in [0.15, 0.2) is 11.8 Å². The lowest BCUT2D eigenvalue weighted by atomic mass is 10.1. The van der Waals surface area contributed by atoms with Gasteiger partial charge in [0.25, 0.3) is 0 Å². The van der Waals surface area contributed by atoms with Gasteiger partial charge in [0.1, 0.15) is 0 Å². The molecule has 0 saturated heterocycles. The second-order valence-corrected chi connectivity index (χ2v) is 5.85. The third-order valence-corrected chi connectivity index (χ3v) is 3.78. The van der Waals surface area contributed by atoms with Crippen molar-refractivity contribution in [2.45, 2.75) is 104 Å². The lowest BCUT2D eigenvalue weighted by molar-refractivity contribution is 0.601. The van der Waals surface area contributed by atoms with Crippen LogP contribution in [0.25, 0.3) is 0 Å². The van der Waals surface area contributed by atoms with Crippen molar-refractivity contribution in [3.63, 3.8) is 0 Å². The molecule has 2 N–H and O–H groups in total. The Morgan fingerprint density at radius 1 is 0.684 bits per heavy atom. The molecule has 0 saturated carbocycles. The molecule has 0 rings (SSSR count). The summed E-state index contributed by atoms with van der Waals surface area (Å²) in [4.78, 5) is 0. The van der Waals surface area contributed by atoms with E-state index in [0.29, 0.717) is 0 Å². The number of allylic oxidation sites excluding steroid dienone is 2. The van der Waals surface area contributed by atoms with Gasteiger partial charge in [0.2, 0.25) is 0 Å². The average molecular weight is 268 g/mol. The highest BCUT2D eigenvalue weighted by Gasteiger charge is 1.94. The Bertz CT molecular complexity index is 196. The Kier molecular flexibility index (Phi) is 15.2. The molecular weight excluding hydrogens is 230 g/mol. The van der Waals surface area contributed by atoms with E-state index in [1.807, 2.05) is 0 Å². The molecule has 0 atom stereocenters. The van der Waals surface area contributed by atoms with Gasteiger partial charge < -0.3 is 5.73 Å². The maximum atomic E-state index is 6.04. The molecule has 0 radical (unpaired) electrons. The van der Waals surface area contributed by atoms with E-state index >= 15 is 0 Å². The third kappa shape index (κ3) is 15.5. The zero-order valence-electron chi connectivity index (χ0n) is 13.6. The first kappa shape index (κ1) is 18.5. The summed E-state index contributed by atoms with van der Waals surface area (Å²) in [5.74, 6) is 0. The molecule has 0 aromatic heterocycles. The summed E-state index contributed by atoms with van der Waals surface area (Å²) in [6.45, 7) is 4.54. The Morgan fingerprint density at radius 2 is 1.16 bits per heavy atom. The summed E-state index contributed by atoms with van der Waals surface area (Å²) in [6, 6.07) is 0. The van der Waals surface area contributed by atoms with Gasteiger partial charge in [-0.3, -0.25) is 0 Å². The van der Waals surface area contributed by atoms with E-state index in [1.54, 1.807) is 0 Å². The second-order valence-electron chi connectivity index (χ2n) is 5.85. The van der Waals surface area contributed by atoms with Crippen molar-refractivity contribution in [1.29, 1.82) is 0 Å². The summed E-state index contributed by atoms with van der Waals surface area (Å²) in [7, 11) is 0. The van der Waals surface area contributed by atoms with Crippen molar-refractivity contribution in [3.05, 3.63) is 11.8 Å². The molecule has 0 aliphatic rings. The van der Waals surface area contributed by atoms with E-state index in [-0.39, 0.29) is 0 Å². The topological polar surface area (TPSA) is 26.0 Å². The summed E-state index contributed by atoms with van der Waals surface area (Å²) in [5.41, 5.74) is 7.17. The molecule has 114 valence electrons. The molecule has 0 amide bonds. The number of nitrogens with two attached hydrogens (primary N) is 1. The Morgan fingerprint density at radius 3 is 1.74 bits per heavy atom. The number of hydrogen-bond acceptors (Lipinski definition) is 1. The molecule has 1 heteroatoms. The van der Waals surface area contributed by atoms with E-state index in [4.69, 9.17) is 5.73 Å². The van der Waals surface area contributed by atoms with Crippen molar-refractivity contribution >= 4 is 0 Å². The fourth-order valence-corrected chi connectivity index (χ4v) is 2.42. The first-order valence-electron chi connectivity index (χ1n) is 8.75. The van der Waals surface area contributed by atoms with Crippen molar-refractivity contribution in [1.82, 2.24) is 0 Å². The summed E-state index contributed by atoms with van der Waals surface area (Å²) < 4.78 is 0. The number of unbranched alkanes of at least 4 members (excludes halogenated alkanes) is 11. The first-order chi connectivity index (χ1) is 9.31. The van der Waals surface area contributed by atoms with Gasteiger partial charge in [0, 0.05) is 5.70 Å². The van der Waals surface area contributed by atoms with E-state index in [0.717, 1.165) is 12.1 Å². The highest BCUT2D eigenvalue weighted by atomic mass is 14.6. The summed E-state index contributed by atoms with van der Waals surface area (Å²) in [6.07, 6.45) is 21.0. The van der Waals surface area contributed by atoms with Crippen molar-refractivity contribution in [2.75, 3.05) is 0 Å². The molecule has 0 bridgehead atoms. The molecule has 0 fully saturated rings. The van der Waals surface area contributed by atoms with Gasteiger partial charge in [-0.25, -0.2) is 0 Å². The predicted molar refractivity (Wildman–Crippen MR) is 88.3 cm³/mol. The van der Waals surface area contributed by atoms with Crippen LogP contribution in [0, 0.1) is 0 Å². The number of hydrogen-bond donors (Lipinski definition) is 1. The first-order valence-corrected chi connectivity index (χ1v) is 8.75. The largest absolute Gasteiger partial charge is 0.402 e. The van der Waals surface area contributed by atoms with Gasteiger partial charge in [0.05, 0.1) is 0 Å². The van der Waals surface area contributed by atoms with Crippen LogP contribution >= 0.6 is 0 Å². The molecule has 0 aliphatic carbocycles. The predicted octanol–water partition coefficient (Wildman–Crippen LogP) is 6.33. The van der Waals surface area contributed by atoms with Crippen LogP contribution in [0.4, 0.5) is 0 Å². The third-order valence-electron chi connectivity index (χ3n) is 3.78. The monoisotopic (exact) mass is 267 g/mol. The van der Waals surface area contributed by atoms with Crippen LogP contribution in [0.5, 0.6) is 0 Å². The molecule has 0 unspecified atom stereocenters. The van der Waals surface area contributed by atoms with Crippen molar-refractivity contribution in [2.24, 2.45) is 5.73 Å². The summed E-state index contributed by atoms with van der Waals surface area (Å²) >= 11 is 0. The zero-order chi connectivity index (χ0) is 14.2. The lowest BCUT2D eigenvalue weighted by Crippen LogP contribution is -1.97. The van der Waals surface area contributed by atoms with Crippen LogP contribution in [0.1, 0.15) is 104 Å². The van der Waals surface area contributed by atoms with Crippen LogP contribution < -0.4 is 5.73 Å². The van der Waals surface area contributed by atoms with E-state index in [1.165, 1.54) is 83.5 Å². The highest BCUT2D eigenvalue weighted by Crippen LogP contribution is 2.11. The van der Waals surface area contributed by atoms with Crippen LogP contribution in [-0.4, -0.2) is 0 Å². The standard InChI is InChI=1S/C18H37N/c1-3-5-7-9-11-13-15-17-18(19)16-14-12-10-8-6-4-2/h17H,3-16,19H2,1-2H3/b18-17+. The molecule has 0 aromatic carbocycles. The molecule has 0 aliphatic heterocycles. The normalized spacial score (nSPS) is 12.0. The van der Waals surface area contributed by atoms with Gasteiger partial charge in [-0.1, -0.05) is 84.1 Å². The number of rotatable bonds is 14. The van der Waals surface area contributed by atoms with Crippen molar-refractivity contribution < 1.29 is 0 Å². The molecule has 0 aromatic rings. The molecular formula is C18H37N. The Hall–Kier alpha value is -0.460. The maximum Gasteiger partial charge on any atom is 0.00399 e. The highest BCUT2D eigenvalue weighted by molar-refractivity contribution is 4.95. The van der Waals surface area contributed by atoms with Crippen LogP contribution in [0.2, 0.25) is 0 Å². The Labute approximate surface area is 122 Å². The van der Waals surface area contributed by atoms with Gasteiger partial charge in [-0.15, -0.1) is 0 Å². The van der Waals surface area contributed by atoms with Gasteiger partial charge in [-0.05, 0) is 25.7 Å². The minimum Gasteiger partial charge on any atom is -0.402 e. The molecule has 1 nitrogen and oxygen atoms in total. The fourth-order valence-electron chi connectivity index (χ4n) is 2.42. The molecule has 19 heavy (non-hydrogen) atoms. The second kappa shape index (κ2) is 15.6.